The van der Waals surface area contributed by atoms with E-state index >= 15 is 0 Å². The molecule has 104 valence electrons. The van der Waals surface area contributed by atoms with E-state index in [2.05, 4.69) is 9.97 Å². The third-order valence-electron chi connectivity index (χ3n) is 2.55. The summed E-state index contributed by atoms with van der Waals surface area (Å²) < 4.78 is 0. The number of carbonyl (C=O) groups is 3. The molecule has 0 radical (unpaired) electrons. The Labute approximate surface area is 109 Å². The van der Waals surface area contributed by atoms with E-state index in [9.17, 15) is 14.4 Å². The van der Waals surface area contributed by atoms with E-state index in [1.807, 2.05) is 0 Å². The van der Waals surface area contributed by atoms with Crippen LogP contribution in [0.5, 0.6) is 0 Å². The Bertz CT molecular complexity index is 457. The van der Waals surface area contributed by atoms with Gasteiger partial charge >= 0.3 is 5.97 Å². The van der Waals surface area contributed by atoms with Crippen LogP contribution in [0.25, 0.3) is 0 Å². The second-order valence-electron chi connectivity index (χ2n) is 4.18. The maximum Gasteiger partial charge on any atom is 0.305 e. The van der Waals surface area contributed by atoms with Crippen molar-refractivity contribution < 1.29 is 19.5 Å². The summed E-state index contributed by atoms with van der Waals surface area (Å²) in [6, 6.07) is -2.04. The Morgan fingerprint density at radius 3 is 2.42 bits per heavy atom. The molecule has 1 aromatic rings. The first-order valence-electron chi connectivity index (χ1n) is 5.66. The molecule has 6 N–H and O–H groups in total. The molecule has 1 rings (SSSR count). The molecule has 1 aromatic heterocycles. The minimum atomic E-state index is -1.19. The van der Waals surface area contributed by atoms with Crippen LogP contribution in [0.2, 0.25) is 0 Å². The maximum atomic E-state index is 11.7. The van der Waals surface area contributed by atoms with Crippen molar-refractivity contribution in [2.75, 3.05) is 0 Å². The Morgan fingerprint density at radius 2 is 1.89 bits per heavy atom. The molecule has 0 aliphatic rings. The number of hydrogen-bond donors (Lipinski definition) is 4. The molecular formula is C11H16N4O4. The van der Waals surface area contributed by atoms with E-state index in [1.165, 1.54) is 6.33 Å². The predicted molar refractivity (Wildman–Crippen MR) is 65.1 cm³/mol. The van der Waals surface area contributed by atoms with Crippen LogP contribution < -0.4 is 11.5 Å². The minimum Gasteiger partial charge on any atom is -0.481 e. The molecule has 0 aliphatic heterocycles. The van der Waals surface area contributed by atoms with Crippen LogP contribution in [0, 0.1) is 0 Å². The number of hydrogen-bond acceptors (Lipinski definition) is 6. The molecular weight excluding hydrogens is 252 g/mol. The highest BCUT2D eigenvalue weighted by atomic mass is 16.4. The van der Waals surface area contributed by atoms with Gasteiger partial charge < -0.3 is 21.6 Å². The number of Topliss-reactive ketones (excluding diaryl/α,β-unsaturated/α-hetero) is 2. The van der Waals surface area contributed by atoms with Crippen LogP contribution in [0.1, 0.15) is 18.5 Å². The van der Waals surface area contributed by atoms with Crippen LogP contribution in [-0.2, 0) is 20.8 Å². The van der Waals surface area contributed by atoms with Crippen LogP contribution in [0.3, 0.4) is 0 Å². The van der Waals surface area contributed by atoms with Gasteiger partial charge in [0.15, 0.2) is 11.6 Å². The maximum absolute atomic E-state index is 11.7. The number of aromatic nitrogens is 2. The Balaban J connectivity index is 2.45. The number of nitrogens with one attached hydrogen (secondary N) is 1. The molecule has 0 amide bonds. The molecule has 0 spiro atoms. The average Bonchev–Trinajstić information content (AvgIpc) is 2.80. The molecule has 0 aromatic carbocycles. The second-order valence-corrected chi connectivity index (χ2v) is 4.18. The molecule has 19 heavy (non-hydrogen) atoms. The topological polar surface area (TPSA) is 152 Å². The molecule has 8 heteroatoms. The fraction of sp³-hybridized carbons (Fsp3) is 0.455. The number of aliphatic carboxylic acids is 1. The van der Waals surface area contributed by atoms with Gasteiger partial charge in [-0.1, -0.05) is 0 Å². The fourth-order valence-corrected chi connectivity index (χ4v) is 1.48. The lowest BCUT2D eigenvalue weighted by molar-refractivity contribution is -0.140. The van der Waals surface area contributed by atoms with Gasteiger partial charge in [-0.05, 0) is 0 Å². The molecule has 0 unspecified atom stereocenters. The number of carboxylic acids is 1. The van der Waals surface area contributed by atoms with Gasteiger partial charge in [0.05, 0.1) is 36.9 Å². The lowest BCUT2D eigenvalue weighted by atomic mass is 9.99. The first-order valence-corrected chi connectivity index (χ1v) is 5.66. The number of imidazole rings is 1. The summed E-state index contributed by atoms with van der Waals surface area (Å²) in [4.78, 5) is 40.2. The van der Waals surface area contributed by atoms with E-state index in [-0.39, 0.29) is 6.42 Å². The fourth-order valence-electron chi connectivity index (χ4n) is 1.48. The molecule has 2 atom stereocenters. The Morgan fingerprint density at radius 1 is 1.26 bits per heavy atom. The molecule has 0 fully saturated rings. The van der Waals surface area contributed by atoms with Crippen molar-refractivity contribution >= 4 is 17.5 Å². The largest absolute Gasteiger partial charge is 0.481 e. The number of nitrogens with two attached hydrogens (primary N) is 2. The molecule has 0 aliphatic carbocycles. The van der Waals surface area contributed by atoms with Crippen LogP contribution in [0.4, 0.5) is 0 Å². The number of H-pyrrole nitrogens is 1. The number of nitrogens with zero attached hydrogens (tertiary/aromatic N) is 1. The van der Waals surface area contributed by atoms with Crippen molar-refractivity contribution in [1.29, 1.82) is 0 Å². The highest BCUT2D eigenvalue weighted by molar-refractivity contribution is 6.04. The highest BCUT2D eigenvalue weighted by Gasteiger charge is 2.23. The number of carboxylic acid groups (broad SMARTS) is 1. The zero-order valence-electron chi connectivity index (χ0n) is 10.2. The third-order valence-corrected chi connectivity index (χ3v) is 2.55. The summed E-state index contributed by atoms with van der Waals surface area (Å²) in [6.07, 6.45) is 2.32. The summed E-state index contributed by atoms with van der Waals surface area (Å²) in [5.41, 5.74) is 11.6. The zero-order valence-corrected chi connectivity index (χ0v) is 10.2. The average molecular weight is 268 g/mol. The van der Waals surface area contributed by atoms with Gasteiger partial charge in [-0.3, -0.25) is 14.4 Å². The zero-order chi connectivity index (χ0) is 14.4. The van der Waals surface area contributed by atoms with Crippen molar-refractivity contribution in [2.24, 2.45) is 11.5 Å². The SMILES string of the molecule is N[C@@H](CC(=O)O)C(=O)CC(=O)[C@@H](N)Cc1c[nH]cn1. The normalized spacial score (nSPS) is 13.8. The van der Waals surface area contributed by atoms with Gasteiger partial charge in [-0.2, -0.15) is 0 Å². The minimum absolute atomic E-state index is 0.212. The number of aromatic amines is 1. The summed E-state index contributed by atoms with van der Waals surface area (Å²) in [5, 5.41) is 8.49. The van der Waals surface area contributed by atoms with Gasteiger partial charge in [0, 0.05) is 12.6 Å². The molecule has 0 bridgehead atoms. The predicted octanol–water partition coefficient (Wildman–Crippen LogP) is -1.39. The smallest absolute Gasteiger partial charge is 0.305 e. The monoisotopic (exact) mass is 268 g/mol. The van der Waals surface area contributed by atoms with E-state index in [0.717, 1.165) is 0 Å². The number of ketones is 2. The van der Waals surface area contributed by atoms with Gasteiger partial charge in [-0.25, -0.2) is 4.98 Å². The third kappa shape index (κ3) is 4.98. The van der Waals surface area contributed by atoms with Crippen molar-refractivity contribution in [2.45, 2.75) is 31.3 Å². The van der Waals surface area contributed by atoms with Crippen LogP contribution >= 0.6 is 0 Å². The molecule has 0 saturated heterocycles. The van der Waals surface area contributed by atoms with Crippen molar-refractivity contribution in [1.82, 2.24) is 9.97 Å². The quantitative estimate of drug-likeness (QED) is 0.423. The van der Waals surface area contributed by atoms with Crippen molar-refractivity contribution in [3.05, 3.63) is 18.2 Å². The summed E-state index contributed by atoms with van der Waals surface area (Å²) in [7, 11) is 0. The standard InChI is InChI=1S/C11H16N4O4/c12-7(1-6-4-14-5-15-6)9(16)3-10(17)8(13)2-11(18)19/h4-5,7-8H,1-3,12-13H2,(H,14,15)(H,18,19)/t7-,8-/m0/s1. The van der Waals surface area contributed by atoms with Gasteiger partial charge in [0.25, 0.3) is 0 Å². The summed E-state index contributed by atoms with van der Waals surface area (Å²) >= 11 is 0. The molecule has 8 nitrogen and oxygen atoms in total. The van der Waals surface area contributed by atoms with Crippen molar-refractivity contribution in [3.63, 3.8) is 0 Å². The van der Waals surface area contributed by atoms with Crippen LogP contribution in [0.15, 0.2) is 12.5 Å². The molecule has 1 heterocycles. The Hall–Kier alpha value is -2.06. The van der Waals surface area contributed by atoms with E-state index < -0.39 is 42.5 Å². The summed E-state index contributed by atoms with van der Waals surface area (Å²) in [6.45, 7) is 0. The molecule has 0 saturated carbocycles. The van der Waals surface area contributed by atoms with Crippen LogP contribution in [-0.4, -0.2) is 44.7 Å². The number of carbonyl (C=O) groups excluding carboxylic acids is 2. The second kappa shape index (κ2) is 6.76. The van der Waals surface area contributed by atoms with Gasteiger partial charge in [-0.15, -0.1) is 0 Å². The lowest BCUT2D eigenvalue weighted by Crippen LogP contribution is -2.39. The van der Waals surface area contributed by atoms with E-state index in [1.54, 1.807) is 6.20 Å². The summed E-state index contributed by atoms with van der Waals surface area (Å²) in [5.74, 6) is -2.28. The van der Waals surface area contributed by atoms with Gasteiger partial charge in [0.2, 0.25) is 0 Å². The first-order chi connectivity index (χ1) is 8.90. The van der Waals surface area contributed by atoms with Crippen molar-refractivity contribution in [3.8, 4) is 0 Å². The van der Waals surface area contributed by atoms with Gasteiger partial charge in [0.1, 0.15) is 0 Å². The highest BCUT2D eigenvalue weighted by Crippen LogP contribution is 2.02. The lowest BCUT2D eigenvalue weighted by Gasteiger charge is -2.11. The van der Waals surface area contributed by atoms with E-state index in [4.69, 9.17) is 16.6 Å². The Kier molecular flexibility index (Phi) is 5.34. The van der Waals surface area contributed by atoms with E-state index in [0.29, 0.717) is 5.69 Å². The number of rotatable bonds is 8. The first kappa shape index (κ1) is 15.0.